The molecule has 1 heterocycles. The Hall–Kier alpha value is -2.36. The second-order valence-corrected chi connectivity index (χ2v) is 8.89. The second-order valence-electron chi connectivity index (χ2n) is 6.25. The first kappa shape index (κ1) is 20.4. The van der Waals surface area contributed by atoms with E-state index in [4.69, 9.17) is 0 Å². The molecule has 2 N–H and O–H groups in total. The number of anilines is 2. The largest absolute Gasteiger partial charge is 0.325 e. The molecule has 0 aromatic heterocycles. The van der Waals surface area contributed by atoms with E-state index in [0.717, 1.165) is 11.3 Å². The van der Waals surface area contributed by atoms with Gasteiger partial charge in [0, 0.05) is 29.2 Å². The summed E-state index contributed by atoms with van der Waals surface area (Å²) in [5.41, 5.74) is 1.28. The quantitative estimate of drug-likeness (QED) is 0.672. The van der Waals surface area contributed by atoms with Crippen LogP contribution in [0.1, 0.15) is 12.8 Å². The zero-order valence-electron chi connectivity index (χ0n) is 15.3. The van der Waals surface area contributed by atoms with Crippen molar-refractivity contribution < 1.29 is 18.0 Å². The van der Waals surface area contributed by atoms with Crippen molar-refractivity contribution in [2.75, 3.05) is 29.6 Å². The van der Waals surface area contributed by atoms with Crippen LogP contribution in [0.25, 0.3) is 0 Å². The predicted molar refractivity (Wildman–Crippen MR) is 110 cm³/mol. The molecule has 148 valence electrons. The van der Waals surface area contributed by atoms with Crippen molar-refractivity contribution in [3.05, 3.63) is 48.5 Å². The van der Waals surface area contributed by atoms with E-state index in [1.807, 2.05) is 24.5 Å². The van der Waals surface area contributed by atoms with Gasteiger partial charge in [0.2, 0.25) is 21.8 Å². The van der Waals surface area contributed by atoms with Crippen molar-refractivity contribution in [2.45, 2.75) is 22.6 Å². The summed E-state index contributed by atoms with van der Waals surface area (Å²) >= 11 is 1.55. The Kier molecular flexibility index (Phi) is 6.38. The van der Waals surface area contributed by atoms with Crippen molar-refractivity contribution in [2.24, 2.45) is 0 Å². The third-order valence-corrected chi connectivity index (χ3v) is 6.45. The molecule has 0 saturated carbocycles. The molecule has 2 aromatic carbocycles. The van der Waals surface area contributed by atoms with Gasteiger partial charge < -0.3 is 10.2 Å². The minimum absolute atomic E-state index is 0.0379. The van der Waals surface area contributed by atoms with E-state index in [2.05, 4.69) is 10.0 Å². The van der Waals surface area contributed by atoms with Crippen LogP contribution < -0.4 is 14.9 Å². The van der Waals surface area contributed by atoms with Crippen molar-refractivity contribution in [1.29, 1.82) is 0 Å². The first-order valence-electron chi connectivity index (χ1n) is 8.73. The lowest BCUT2D eigenvalue weighted by Gasteiger charge is -2.16. The smallest absolute Gasteiger partial charge is 0.241 e. The van der Waals surface area contributed by atoms with Crippen LogP contribution in [0.3, 0.4) is 0 Å². The molecular weight excluding hydrogens is 398 g/mol. The van der Waals surface area contributed by atoms with Gasteiger partial charge in [-0.2, -0.15) is 0 Å². The Morgan fingerprint density at radius 3 is 2.57 bits per heavy atom. The molecule has 0 aliphatic carbocycles. The third kappa shape index (κ3) is 4.92. The van der Waals surface area contributed by atoms with E-state index in [1.54, 1.807) is 34.9 Å². The lowest BCUT2D eigenvalue weighted by Crippen LogP contribution is -2.33. The number of benzene rings is 2. The first-order valence-corrected chi connectivity index (χ1v) is 11.4. The van der Waals surface area contributed by atoms with Gasteiger partial charge in [-0.3, -0.25) is 9.59 Å². The molecule has 7 nitrogen and oxygen atoms in total. The molecule has 0 atom stereocenters. The number of thioether (sulfide) groups is 1. The first-order chi connectivity index (χ1) is 13.4. The van der Waals surface area contributed by atoms with E-state index in [0.29, 0.717) is 24.3 Å². The van der Waals surface area contributed by atoms with Crippen LogP contribution in [-0.4, -0.2) is 39.6 Å². The molecular formula is C19H21N3O4S2. The molecule has 1 aliphatic heterocycles. The van der Waals surface area contributed by atoms with Crippen LogP contribution in [0.5, 0.6) is 0 Å². The molecule has 9 heteroatoms. The van der Waals surface area contributed by atoms with Gasteiger partial charge in [0.1, 0.15) is 0 Å². The fourth-order valence-electron chi connectivity index (χ4n) is 2.88. The summed E-state index contributed by atoms with van der Waals surface area (Å²) in [5.74, 6) is -0.419. The van der Waals surface area contributed by atoms with Crippen LogP contribution >= 0.6 is 11.8 Å². The van der Waals surface area contributed by atoms with E-state index >= 15 is 0 Å². The Morgan fingerprint density at radius 2 is 1.93 bits per heavy atom. The summed E-state index contributed by atoms with van der Waals surface area (Å²) in [4.78, 5) is 26.5. The molecule has 0 spiro atoms. The topological polar surface area (TPSA) is 95.6 Å². The fraction of sp³-hybridized carbons (Fsp3) is 0.263. The van der Waals surface area contributed by atoms with E-state index in [1.165, 1.54) is 12.1 Å². The van der Waals surface area contributed by atoms with Gasteiger partial charge in [0.25, 0.3) is 0 Å². The zero-order chi connectivity index (χ0) is 20.1. The highest BCUT2D eigenvalue weighted by Crippen LogP contribution is 2.23. The van der Waals surface area contributed by atoms with Crippen molar-refractivity contribution >= 4 is 45.0 Å². The number of sulfonamides is 1. The lowest BCUT2D eigenvalue weighted by molar-refractivity contribution is -0.117. The molecule has 0 bridgehead atoms. The van der Waals surface area contributed by atoms with Crippen LogP contribution in [0.15, 0.2) is 58.3 Å². The highest BCUT2D eigenvalue weighted by molar-refractivity contribution is 7.98. The lowest BCUT2D eigenvalue weighted by atomic mass is 10.3. The highest BCUT2D eigenvalue weighted by Gasteiger charge is 2.22. The minimum atomic E-state index is -3.83. The summed E-state index contributed by atoms with van der Waals surface area (Å²) in [7, 11) is -3.83. The molecule has 1 saturated heterocycles. The maximum absolute atomic E-state index is 12.4. The van der Waals surface area contributed by atoms with Crippen molar-refractivity contribution in [3.8, 4) is 0 Å². The molecule has 2 amide bonds. The van der Waals surface area contributed by atoms with Crippen LogP contribution in [0.4, 0.5) is 11.4 Å². The highest BCUT2D eigenvalue weighted by atomic mass is 32.2. The Bertz CT molecular complexity index is 975. The number of nitrogens with one attached hydrogen (secondary N) is 2. The minimum Gasteiger partial charge on any atom is -0.325 e. The molecule has 2 aromatic rings. The maximum atomic E-state index is 12.4. The van der Waals surface area contributed by atoms with Crippen LogP contribution in [0, 0.1) is 0 Å². The molecule has 1 fully saturated rings. The molecule has 28 heavy (non-hydrogen) atoms. The van der Waals surface area contributed by atoms with E-state index in [-0.39, 0.29) is 17.3 Å². The van der Waals surface area contributed by atoms with Gasteiger partial charge >= 0.3 is 0 Å². The van der Waals surface area contributed by atoms with Gasteiger partial charge in [-0.05, 0) is 55.1 Å². The average molecular weight is 420 g/mol. The third-order valence-electron chi connectivity index (χ3n) is 4.31. The number of hydrogen-bond acceptors (Lipinski definition) is 5. The summed E-state index contributed by atoms with van der Waals surface area (Å²) in [5, 5.41) is 2.67. The Morgan fingerprint density at radius 1 is 1.18 bits per heavy atom. The van der Waals surface area contributed by atoms with Gasteiger partial charge in [-0.15, -0.1) is 11.8 Å². The summed E-state index contributed by atoms with van der Waals surface area (Å²) in [6.45, 7) is 0.263. The number of rotatable bonds is 7. The molecule has 0 radical (unpaired) electrons. The molecule has 1 aliphatic rings. The van der Waals surface area contributed by atoms with Crippen LogP contribution in [-0.2, 0) is 19.6 Å². The number of nitrogens with zero attached hydrogens (tertiary/aromatic N) is 1. The number of amides is 2. The Labute approximate surface area is 168 Å². The van der Waals surface area contributed by atoms with Gasteiger partial charge in [0.15, 0.2) is 0 Å². The van der Waals surface area contributed by atoms with E-state index < -0.39 is 15.9 Å². The monoisotopic (exact) mass is 419 g/mol. The number of carbonyl (C=O) groups is 2. The fourth-order valence-corrected chi connectivity index (χ4v) is 4.32. The van der Waals surface area contributed by atoms with Gasteiger partial charge in [-0.25, -0.2) is 13.1 Å². The number of hydrogen-bond donors (Lipinski definition) is 2. The summed E-state index contributed by atoms with van der Waals surface area (Å²) < 4.78 is 27.1. The van der Waals surface area contributed by atoms with Gasteiger partial charge in [-0.1, -0.05) is 6.07 Å². The standard InChI is InChI=1S/C19H21N3O4S2/c1-27-16-5-2-4-14(12-16)21-18(23)13-20-28(25,26)17-9-7-15(8-10-17)22-11-3-6-19(22)24/h2,4-5,7-10,12,20H,3,6,11,13H2,1H3,(H,21,23). The normalized spacial score (nSPS) is 14.3. The van der Waals surface area contributed by atoms with E-state index in [9.17, 15) is 18.0 Å². The average Bonchev–Trinajstić information content (AvgIpc) is 3.13. The Balaban J connectivity index is 1.60. The van der Waals surface area contributed by atoms with Crippen molar-refractivity contribution in [3.63, 3.8) is 0 Å². The second kappa shape index (κ2) is 8.76. The predicted octanol–water partition coefficient (Wildman–Crippen LogP) is 2.45. The van der Waals surface area contributed by atoms with Crippen LogP contribution in [0.2, 0.25) is 0 Å². The SMILES string of the molecule is CSc1cccc(NC(=O)CNS(=O)(=O)c2ccc(N3CCCC3=O)cc2)c1. The summed E-state index contributed by atoms with van der Waals surface area (Å²) in [6, 6.07) is 13.4. The summed E-state index contributed by atoms with van der Waals surface area (Å²) in [6.07, 6.45) is 3.24. The zero-order valence-corrected chi connectivity index (χ0v) is 17.0. The number of carbonyl (C=O) groups excluding carboxylic acids is 2. The van der Waals surface area contributed by atoms with Crippen molar-refractivity contribution in [1.82, 2.24) is 4.72 Å². The molecule has 0 unspecified atom stereocenters. The maximum Gasteiger partial charge on any atom is 0.241 e. The van der Waals surface area contributed by atoms with Gasteiger partial charge in [0.05, 0.1) is 11.4 Å². The molecule has 3 rings (SSSR count).